The van der Waals surface area contributed by atoms with Crippen molar-refractivity contribution in [3.63, 3.8) is 0 Å². The Morgan fingerprint density at radius 2 is 2.11 bits per heavy atom. The molecule has 144 valence electrons. The molecular weight excluding hydrogens is 376 g/mol. The second-order valence-corrected chi connectivity index (χ2v) is 8.76. The summed E-state index contributed by atoms with van der Waals surface area (Å²) in [4.78, 5) is 18.5. The zero-order valence-corrected chi connectivity index (χ0v) is 17.9. The van der Waals surface area contributed by atoms with E-state index < -0.39 is 0 Å². The Bertz CT molecular complexity index is 876. The lowest BCUT2D eigenvalue weighted by Gasteiger charge is -2.16. The first-order valence-corrected chi connectivity index (χ1v) is 11.0. The number of nitrogens with zero attached hydrogens (tertiary/aromatic N) is 3. The van der Waals surface area contributed by atoms with Gasteiger partial charge in [0.25, 0.3) is 0 Å². The molecule has 1 amide bonds. The number of nitrogens with one attached hydrogen (secondary N) is 1. The van der Waals surface area contributed by atoms with Gasteiger partial charge in [-0.3, -0.25) is 9.48 Å². The predicted octanol–water partition coefficient (Wildman–Crippen LogP) is 4.38. The van der Waals surface area contributed by atoms with E-state index in [9.17, 15) is 4.79 Å². The van der Waals surface area contributed by atoms with Gasteiger partial charge in [-0.2, -0.15) is 16.4 Å². The van der Waals surface area contributed by atoms with Gasteiger partial charge >= 0.3 is 0 Å². The maximum absolute atomic E-state index is 12.6. The monoisotopic (exact) mass is 402 g/mol. The van der Waals surface area contributed by atoms with Gasteiger partial charge in [0.2, 0.25) is 5.91 Å². The van der Waals surface area contributed by atoms with E-state index in [4.69, 9.17) is 0 Å². The molecule has 1 N–H and O–H groups in total. The minimum absolute atomic E-state index is 0.0596. The molecule has 0 aromatic carbocycles. The van der Waals surface area contributed by atoms with Crippen molar-refractivity contribution in [2.24, 2.45) is 0 Å². The molecule has 0 bridgehead atoms. The van der Waals surface area contributed by atoms with Gasteiger partial charge in [0.1, 0.15) is 5.01 Å². The first-order valence-electron chi connectivity index (χ1n) is 9.23. The fraction of sp³-hybridized carbons (Fsp3) is 0.450. The molecule has 27 heavy (non-hydrogen) atoms. The summed E-state index contributed by atoms with van der Waals surface area (Å²) in [5.74, 6) is 0.0596. The summed E-state index contributed by atoms with van der Waals surface area (Å²) in [6.45, 7) is 9.01. The van der Waals surface area contributed by atoms with Crippen molar-refractivity contribution in [3.05, 3.63) is 55.4 Å². The number of amides is 1. The zero-order valence-electron chi connectivity index (χ0n) is 16.3. The van der Waals surface area contributed by atoms with Gasteiger partial charge in [-0.15, -0.1) is 11.3 Å². The molecule has 3 aromatic heterocycles. The smallest absolute Gasteiger partial charge is 0.220 e. The molecule has 0 saturated heterocycles. The van der Waals surface area contributed by atoms with Crippen LogP contribution in [0.2, 0.25) is 0 Å². The van der Waals surface area contributed by atoms with E-state index in [2.05, 4.69) is 46.1 Å². The summed E-state index contributed by atoms with van der Waals surface area (Å²) < 4.78 is 1.92. The van der Waals surface area contributed by atoms with E-state index in [0.717, 1.165) is 34.9 Å². The zero-order chi connectivity index (χ0) is 19.4. The molecule has 1 atom stereocenters. The van der Waals surface area contributed by atoms with Crippen LogP contribution in [0, 0.1) is 20.8 Å². The quantitative estimate of drug-likeness (QED) is 0.608. The first-order chi connectivity index (χ1) is 13.0. The summed E-state index contributed by atoms with van der Waals surface area (Å²) >= 11 is 3.35. The molecule has 0 radical (unpaired) electrons. The van der Waals surface area contributed by atoms with Crippen LogP contribution in [0.3, 0.4) is 0 Å². The van der Waals surface area contributed by atoms with Crippen molar-refractivity contribution in [2.75, 3.05) is 0 Å². The van der Waals surface area contributed by atoms with Gasteiger partial charge in [0, 0.05) is 30.5 Å². The maximum atomic E-state index is 12.6. The Morgan fingerprint density at radius 1 is 1.30 bits per heavy atom. The van der Waals surface area contributed by atoms with E-state index in [1.54, 1.807) is 22.7 Å². The average Bonchev–Trinajstić information content (AvgIpc) is 3.34. The van der Waals surface area contributed by atoms with Gasteiger partial charge in [-0.05, 0) is 62.1 Å². The summed E-state index contributed by atoms with van der Waals surface area (Å²) in [5, 5.41) is 12.9. The van der Waals surface area contributed by atoms with E-state index in [1.807, 2.05) is 24.7 Å². The summed E-state index contributed by atoms with van der Waals surface area (Å²) in [5.41, 5.74) is 4.42. The number of aryl methyl sites for hydroxylation is 5. The third-order valence-corrected chi connectivity index (χ3v) is 6.61. The molecule has 0 aliphatic carbocycles. The fourth-order valence-corrected chi connectivity index (χ4v) is 4.63. The largest absolute Gasteiger partial charge is 0.347 e. The number of aromatic nitrogens is 3. The number of rotatable bonds is 8. The Hall–Kier alpha value is -1.99. The minimum Gasteiger partial charge on any atom is -0.347 e. The molecule has 0 spiro atoms. The highest BCUT2D eigenvalue weighted by Crippen LogP contribution is 2.26. The lowest BCUT2D eigenvalue weighted by Crippen LogP contribution is -2.30. The van der Waals surface area contributed by atoms with Crippen molar-refractivity contribution >= 4 is 28.6 Å². The second-order valence-electron chi connectivity index (χ2n) is 6.74. The van der Waals surface area contributed by atoms with E-state index >= 15 is 0 Å². The van der Waals surface area contributed by atoms with Gasteiger partial charge in [0.05, 0.1) is 17.4 Å². The molecule has 5 nitrogen and oxygen atoms in total. The van der Waals surface area contributed by atoms with Crippen LogP contribution in [0.25, 0.3) is 0 Å². The molecule has 1 unspecified atom stereocenters. The molecule has 3 aromatic rings. The predicted molar refractivity (Wildman–Crippen MR) is 111 cm³/mol. The molecule has 3 rings (SSSR count). The third kappa shape index (κ3) is 5.05. The van der Waals surface area contributed by atoms with Crippen molar-refractivity contribution in [1.82, 2.24) is 20.1 Å². The molecule has 3 heterocycles. The van der Waals surface area contributed by atoms with Crippen LogP contribution in [0.15, 0.2) is 23.0 Å². The van der Waals surface area contributed by atoms with Crippen LogP contribution in [0.5, 0.6) is 0 Å². The van der Waals surface area contributed by atoms with E-state index in [1.165, 1.54) is 10.4 Å². The van der Waals surface area contributed by atoms with Crippen LogP contribution in [0.4, 0.5) is 0 Å². The summed E-state index contributed by atoms with van der Waals surface area (Å²) in [6, 6.07) is 2.03. The van der Waals surface area contributed by atoms with Gasteiger partial charge < -0.3 is 5.32 Å². The Labute approximate surface area is 168 Å². The van der Waals surface area contributed by atoms with Crippen LogP contribution >= 0.6 is 22.7 Å². The van der Waals surface area contributed by atoms with Crippen LogP contribution < -0.4 is 5.32 Å². The first kappa shape index (κ1) is 19.8. The van der Waals surface area contributed by atoms with Gasteiger partial charge in [-0.1, -0.05) is 0 Å². The number of hydrogen-bond donors (Lipinski definition) is 1. The van der Waals surface area contributed by atoms with Crippen LogP contribution in [-0.2, 0) is 24.2 Å². The van der Waals surface area contributed by atoms with Crippen molar-refractivity contribution in [3.8, 4) is 0 Å². The normalized spacial score (nSPS) is 12.3. The highest BCUT2D eigenvalue weighted by Gasteiger charge is 2.20. The number of hydrogen-bond acceptors (Lipinski definition) is 5. The van der Waals surface area contributed by atoms with E-state index in [0.29, 0.717) is 12.8 Å². The lowest BCUT2D eigenvalue weighted by atomic mass is 10.1. The fourth-order valence-electron chi connectivity index (χ4n) is 2.97. The van der Waals surface area contributed by atoms with Crippen LogP contribution in [-0.4, -0.2) is 20.7 Å². The van der Waals surface area contributed by atoms with Gasteiger partial charge in [-0.25, -0.2) is 4.98 Å². The second kappa shape index (κ2) is 8.80. The molecule has 0 aliphatic rings. The van der Waals surface area contributed by atoms with Crippen molar-refractivity contribution in [1.29, 1.82) is 0 Å². The van der Waals surface area contributed by atoms with Crippen LogP contribution in [0.1, 0.15) is 51.8 Å². The molecule has 0 aliphatic heterocycles. The SMILES string of the molecule is CCn1cc(CCC(=O)NC(Cc2ccsc2)c2nc(C)c(C)s2)c(C)n1. The molecule has 0 fully saturated rings. The molecule has 0 saturated carbocycles. The Balaban J connectivity index is 1.67. The lowest BCUT2D eigenvalue weighted by molar-refractivity contribution is -0.121. The number of carbonyl (C=O) groups excluding carboxylic acids is 1. The topological polar surface area (TPSA) is 59.8 Å². The molecule has 7 heteroatoms. The Morgan fingerprint density at radius 3 is 2.70 bits per heavy atom. The minimum atomic E-state index is -0.0797. The van der Waals surface area contributed by atoms with Gasteiger partial charge in [0.15, 0.2) is 0 Å². The number of thiophene rings is 1. The molecular formula is C20H26N4OS2. The summed E-state index contributed by atoms with van der Waals surface area (Å²) in [7, 11) is 0. The Kier molecular flexibility index (Phi) is 6.44. The average molecular weight is 403 g/mol. The standard InChI is InChI=1S/C20H26N4OS2/c1-5-24-11-17(14(3)23-24)6-7-19(25)22-18(10-16-8-9-26-12-16)20-21-13(2)15(4)27-20/h8-9,11-12,18H,5-7,10H2,1-4H3,(H,22,25). The van der Waals surface area contributed by atoms with Crippen molar-refractivity contribution in [2.45, 2.75) is 59.5 Å². The van der Waals surface area contributed by atoms with E-state index in [-0.39, 0.29) is 11.9 Å². The highest BCUT2D eigenvalue weighted by atomic mass is 32.1. The number of carbonyl (C=O) groups is 1. The number of thiazole rings is 1. The summed E-state index contributed by atoms with van der Waals surface area (Å²) in [6.07, 6.45) is 3.98. The maximum Gasteiger partial charge on any atom is 0.220 e. The third-order valence-electron chi connectivity index (χ3n) is 4.69. The highest BCUT2D eigenvalue weighted by molar-refractivity contribution is 7.11. The van der Waals surface area contributed by atoms with Crippen molar-refractivity contribution < 1.29 is 4.79 Å².